The molecular formula is C25H34N2O3. The Balaban J connectivity index is 1.31. The first kappa shape index (κ1) is 21.3. The van der Waals surface area contributed by atoms with Crippen molar-refractivity contribution in [2.24, 2.45) is 0 Å². The Morgan fingerprint density at radius 1 is 1.17 bits per heavy atom. The van der Waals surface area contributed by atoms with Gasteiger partial charge >= 0.3 is 0 Å². The van der Waals surface area contributed by atoms with Crippen molar-refractivity contribution in [3.63, 3.8) is 0 Å². The smallest absolute Gasteiger partial charge is 0.120 e. The van der Waals surface area contributed by atoms with Crippen molar-refractivity contribution in [3.05, 3.63) is 48.0 Å². The van der Waals surface area contributed by atoms with Crippen LogP contribution in [0.15, 0.2) is 42.5 Å². The van der Waals surface area contributed by atoms with Gasteiger partial charge in [0, 0.05) is 32.7 Å². The molecule has 2 aliphatic heterocycles. The van der Waals surface area contributed by atoms with E-state index in [2.05, 4.69) is 65.3 Å². The van der Waals surface area contributed by atoms with E-state index in [1.54, 1.807) is 0 Å². The second kappa shape index (κ2) is 10.4. The number of allylic oxidation sites excluding steroid dienone is 1. The number of nitrogens with zero attached hydrogens (tertiary/aromatic N) is 2. The fourth-order valence-corrected chi connectivity index (χ4v) is 4.20. The number of ether oxygens (including phenoxy) is 2. The molecule has 30 heavy (non-hydrogen) atoms. The summed E-state index contributed by atoms with van der Waals surface area (Å²) >= 11 is 0. The molecule has 0 aromatic heterocycles. The quantitative estimate of drug-likeness (QED) is 0.686. The Morgan fingerprint density at radius 3 is 2.70 bits per heavy atom. The molecule has 1 atom stereocenters. The van der Waals surface area contributed by atoms with Gasteiger partial charge in [-0.2, -0.15) is 0 Å². The number of aliphatic hydroxyl groups is 1. The molecule has 4 rings (SSSR count). The maximum atomic E-state index is 10.5. The van der Waals surface area contributed by atoms with E-state index >= 15 is 0 Å². The average molecular weight is 411 g/mol. The third kappa shape index (κ3) is 5.41. The number of hydrogen-bond acceptors (Lipinski definition) is 5. The maximum Gasteiger partial charge on any atom is 0.120 e. The summed E-state index contributed by atoms with van der Waals surface area (Å²) in [6, 6.07) is 13.1. The molecule has 0 saturated carbocycles. The molecule has 5 heteroatoms. The molecule has 1 unspecified atom stereocenters. The molecule has 2 aromatic carbocycles. The Morgan fingerprint density at radius 2 is 1.97 bits per heavy atom. The van der Waals surface area contributed by atoms with E-state index < -0.39 is 6.10 Å². The molecule has 2 aliphatic rings. The minimum absolute atomic E-state index is 0.313. The van der Waals surface area contributed by atoms with E-state index in [1.807, 2.05) is 0 Å². The van der Waals surface area contributed by atoms with Crippen molar-refractivity contribution >= 4 is 16.8 Å². The van der Waals surface area contributed by atoms with Crippen molar-refractivity contribution < 1.29 is 14.6 Å². The number of aliphatic hydroxyl groups excluding tert-OH is 1. The Bertz CT molecular complexity index is 841. The van der Waals surface area contributed by atoms with Crippen LogP contribution < -0.4 is 4.74 Å². The molecule has 0 bridgehead atoms. The van der Waals surface area contributed by atoms with Gasteiger partial charge in [0.2, 0.25) is 0 Å². The molecule has 5 nitrogen and oxygen atoms in total. The second-order valence-electron chi connectivity index (χ2n) is 8.42. The first-order valence-electron chi connectivity index (χ1n) is 11.3. The normalized spacial score (nSPS) is 19.9. The monoisotopic (exact) mass is 410 g/mol. The molecule has 0 spiro atoms. The zero-order valence-electron chi connectivity index (χ0n) is 18.0. The summed E-state index contributed by atoms with van der Waals surface area (Å²) in [7, 11) is 0. The summed E-state index contributed by atoms with van der Waals surface area (Å²) in [6.07, 6.45) is 6.12. The Hall–Kier alpha value is -1.92. The molecule has 2 heterocycles. The largest absolute Gasteiger partial charge is 0.491 e. The molecular weight excluding hydrogens is 376 g/mol. The van der Waals surface area contributed by atoms with Crippen LogP contribution in [0.5, 0.6) is 5.75 Å². The van der Waals surface area contributed by atoms with Crippen molar-refractivity contribution in [1.29, 1.82) is 0 Å². The number of hydrogen-bond donors (Lipinski definition) is 1. The molecule has 0 amide bonds. The fourth-order valence-electron chi connectivity index (χ4n) is 4.20. The lowest BCUT2D eigenvalue weighted by Gasteiger charge is -2.42. The Labute approximate surface area is 179 Å². The van der Waals surface area contributed by atoms with Gasteiger partial charge in [-0.25, -0.2) is 0 Å². The summed E-state index contributed by atoms with van der Waals surface area (Å²) in [6.45, 7) is 9.00. The van der Waals surface area contributed by atoms with Crippen LogP contribution in [0.25, 0.3) is 16.8 Å². The first-order valence-corrected chi connectivity index (χ1v) is 11.3. The van der Waals surface area contributed by atoms with Gasteiger partial charge in [0.1, 0.15) is 18.5 Å². The summed E-state index contributed by atoms with van der Waals surface area (Å²) in [4.78, 5) is 4.84. The number of benzene rings is 2. The number of β-amino-alcohol motifs (C(OH)–C–C–N with tert-alkyl or cyclic N) is 1. The van der Waals surface area contributed by atoms with E-state index in [9.17, 15) is 5.11 Å². The lowest BCUT2D eigenvalue weighted by Crippen LogP contribution is -2.57. The molecule has 2 saturated heterocycles. The lowest BCUT2D eigenvalue weighted by atomic mass is 10.0. The molecule has 0 aliphatic carbocycles. The molecule has 2 fully saturated rings. The SMILES string of the molecule is CCC/C=C/c1cc(OCC(O)CN2CCN(C3COC3)CC2)cc2ccccc12. The first-order chi connectivity index (χ1) is 14.7. The van der Waals surface area contributed by atoms with E-state index in [1.165, 1.54) is 10.9 Å². The minimum Gasteiger partial charge on any atom is -0.491 e. The van der Waals surface area contributed by atoms with Gasteiger partial charge in [-0.05, 0) is 34.9 Å². The fraction of sp³-hybridized carbons (Fsp3) is 0.520. The van der Waals surface area contributed by atoms with Crippen LogP contribution in [0, 0.1) is 0 Å². The van der Waals surface area contributed by atoms with Crippen LogP contribution in [-0.4, -0.2) is 79.6 Å². The number of unbranched alkanes of at least 4 members (excludes halogenated alkanes) is 1. The predicted octanol–water partition coefficient (Wildman–Crippen LogP) is 3.41. The summed E-state index contributed by atoms with van der Waals surface area (Å²) in [5, 5.41) is 12.9. The predicted molar refractivity (Wildman–Crippen MR) is 122 cm³/mol. The summed E-state index contributed by atoms with van der Waals surface area (Å²) in [5.41, 5.74) is 1.17. The number of rotatable bonds is 9. The zero-order chi connectivity index (χ0) is 20.8. The highest BCUT2D eigenvalue weighted by atomic mass is 16.5. The van der Waals surface area contributed by atoms with Crippen molar-refractivity contribution in [2.45, 2.75) is 31.9 Å². The van der Waals surface area contributed by atoms with E-state index in [0.29, 0.717) is 19.2 Å². The van der Waals surface area contributed by atoms with Gasteiger partial charge in [-0.3, -0.25) is 9.80 Å². The Kier molecular flexibility index (Phi) is 7.39. The molecule has 162 valence electrons. The maximum absolute atomic E-state index is 10.5. The molecule has 0 radical (unpaired) electrons. The summed E-state index contributed by atoms with van der Waals surface area (Å²) < 4.78 is 11.3. The van der Waals surface area contributed by atoms with Gasteiger partial charge < -0.3 is 14.6 Å². The third-order valence-corrected chi connectivity index (χ3v) is 6.08. The third-order valence-electron chi connectivity index (χ3n) is 6.08. The average Bonchev–Trinajstić information content (AvgIpc) is 2.72. The highest BCUT2D eigenvalue weighted by molar-refractivity contribution is 5.91. The van der Waals surface area contributed by atoms with Gasteiger partial charge in [0.25, 0.3) is 0 Å². The summed E-state index contributed by atoms with van der Waals surface area (Å²) in [5.74, 6) is 0.818. The van der Waals surface area contributed by atoms with Crippen molar-refractivity contribution in [3.8, 4) is 5.75 Å². The molecule has 2 aromatic rings. The van der Waals surface area contributed by atoms with Gasteiger partial charge in [0.05, 0.1) is 19.3 Å². The van der Waals surface area contributed by atoms with Crippen LogP contribution in [-0.2, 0) is 4.74 Å². The lowest BCUT2D eigenvalue weighted by molar-refractivity contribution is -0.0793. The topological polar surface area (TPSA) is 45.2 Å². The van der Waals surface area contributed by atoms with E-state index in [4.69, 9.17) is 9.47 Å². The highest BCUT2D eigenvalue weighted by Gasteiger charge is 2.29. The zero-order valence-corrected chi connectivity index (χ0v) is 18.0. The number of piperazine rings is 1. The van der Waals surface area contributed by atoms with Crippen LogP contribution in [0.2, 0.25) is 0 Å². The van der Waals surface area contributed by atoms with Gasteiger partial charge in [0.15, 0.2) is 0 Å². The van der Waals surface area contributed by atoms with Gasteiger partial charge in [-0.15, -0.1) is 0 Å². The van der Waals surface area contributed by atoms with Gasteiger partial charge in [-0.1, -0.05) is 49.8 Å². The van der Waals surface area contributed by atoms with Crippen molar-refractivity contribution in [2.75, 3.05) is 52.5 Å². The van der Waals surface area contributed by atoms with Crippen LogP contribution in [0.4, 0.5) is 0 Å². The second-order valence-corrected chi connectivity index (χ2v) is 8.42. The van der Waals surface area contributed by atoms with Crippen LogP contribution >= 0.6 is 0 Å². The highest BCUT2D eigenvalue weighted by Crippen LogP contribution is 2.27. The standard InChI is InChI=1S/C25H34N2O3/c1-2-3-4-7-20-14-24(15-21-8-5-6-9-25(20)21)30-19-23(28)16-26-10-12-27(13-11-26)22-17-29-18-22/h4-9,14-15,22-23,28H,2-3,10-13,16-19H2,1H3/b7-4+. The van der Waals surface area contributed by atoms with Crippen LogP contribution in [0.1, 0.15) is 25.3 Å². The van der Waals surface area contributed by atoms with Crippen LogP contribution in [0.3, 0.4) is 0 Å². The number of fused-ring (bicyclic) bond motifs is 1. The minimum atomic E-state index is -0.492. The van der Waals surface area contributed by atoms with E-state index in [-0.39, 0.29) is 0 Å². The van der Waals surface area contributed by atoms with E-state index in [0.717, 1.165) is 63.4 Å². The van der Waals surface area contributed by atoms with Crippen molar-refractivity contribution in [1.82, 2.24) is 9.80 Å². The molecule has 1 N–H and O–H groups in total.